The summed E-state index contributed by atoms with van der Waals surface area (Å²) in [4.78, 5) is 12.6. The Morgan fingerprint density at radius 3 is 2.63 bits per heavy atom. The van der Waals surface area contributed by atoms with Gasteiger partial charge in [-0.05, 0) is 44.2 Å². The van der Waals surface area contributed by atoms with Gasteiger partial charge in [0, 0.05) is 17.2 Å². The molecular formula is C22H17FO4. The number of furan rings is 1. The van der Waals surface area contributed by atoms with Crippen molar-refractivity contribution in [2.24, 2.45) is 0 Å². The van der Waals surface area contributed by atoms with Crippen LogP contribution < -0.4 is 9.47 Å². The Bertz CT molecular complexity index is 1060. The van der Waals surface area contributed by atoms with Crippen LogP contribution in [0.3, 0.4) is 0 Å². The van der Waals surface area contributed by atoms with Crippen molar-refractivity contribution in [1.82, 2.24) is 0 Å². The normalized spacial score (nSPS) is 14.3. The third-order valence-corrected chi connectivity index (χ3v) is 4.41. The lowest BCUT2D eigenvalue weighted by molar-refractivity contribution is 0.101. The lowest BCUT2D eigenvalue weighted by Gasteiger charge is -2.11. The molecule has 0 saturated heterocycles. The number of allylic oxidation sites excluding steroid dienone is 1. The molecule has 1 aromatic heterocycles. The maximum absolute atomic E-state index is 13.8. The van der Waals surface area contributed by atoms with Gasteiger partial charge in [0.2, 0.25) is 5.78 Å². The molecule has 0 spiro atoms. The summed E-state index contributed by atoms with van der Waals surface area (Å²) in [6.07, 6.45) is 1.58. The predicted octanol–water partition coefficient (Wildman–Crippen LogP) is 5.23. The molecule has 4 rings (SSSR count). The number of aryl methyl sites for hydroxylation is 1. The van der Waals surface area contributed by atoms with Crippen LogP contribution in [0.25, 0.3) is 6.08 Å². The van der Waals surface area contributed by atoms with Crippen molar-refractivity contribution in [2.75, 3.05) is 0 Å². The molecule has 0 N–H and O–H groups in total. The van der Waals surface area contributed by atoms with Gasteiger partial charge in [0.15, 0.2) is 5.76 Å². The van der Waals surface area contributed by atoms with Crippen molar-refractivity contribution in [3.63, 3.8) is 0 Å². The molecule has 5 heteroatoms. The van der Waals surface area contributed by atoms with Gasteiger partial charge >= 0.3 is 0 Å². The first-order chi connectivity index (χ1) is 13.0. The summed E-state index contributed by atoms with van der Waals surface area (Å²) in [6.45, 7) is 3.73. The fourth-order valence-corrected chi connectivity index (χ4v) is 2.96. The highest BCUT2D eigenvalue weighted by atomic mass is 19.1. The van der Waals surface area contributed by atoms with E-state index >= 15 is 0 Å². The average molecular weight is 364 g/mol. The van der Waals surface area contributed by atoms with Crippen LogP contribution in [0.1, 0.15) is 33.0 Å². The van der Waals surface area contributed by atoms with E-state index in [1.165, 1.54) is 6.07 Å². The molecule has 2 aromatic carbocycles. The van der Waals surface area contributed by atoms with Crippen LogP contribution in [-0.2, 0) is 6.61 Å². The number of halogens is 1. The number of ether oxygens (including phenoxy) is 2. The smallest absolute Gasteiger partial charge is 0.232 e. The molecule has 1 aliphatic rings. The second-order valence-electron chi connectivity index (χ2n) is 6.33. The molecule has 0 fully saturated rings. The Balaban J connectivity index is 1.58. The van der Waals surface area contributed by atoms with Gasteiger partial charge in [-0.3, -0.25) is 4.79 Å². The van der Waals surface area contributed by atoms with E-state index in [1.54, 1.807) is 42.5 Å². The number of Topliss-reactive ketones (excluding diaryl/α,β-unsaturated/α-hetero) is 1. The molecule has 3 aromatic rings. The number of ketones is 1. The average Bonchev–Trinajstić information content (AvgIpc) is 3.20. The summed E-state index contributed by atoms with van der Waals surface area (Å²) >= 11 is 0. The molecule has 0 aliphatic carbocycles. The molecule has 0 saturated carbocycles. The molecule has 0 radical (unpaired) electrons. The molecule has 4 nitrogen and oxygen atoms in total. The summed E-state index contributed by atoms with van der Waals surface area (Å²) in [5.74, 6) is 1.99. The minimum atomic E-state index is -0.318. The topological polar surface area (TPSA) is 48.7 Å². The summed E-state index contributed by atoms with van der Waals surface area (Å²) in [7, 11) is 0. The van der Waals surface area contributed by atoms with Crippen LogP contribution in [0.4, 0.5) is 4.39 Å². The van der Waals surface area contributed by atoms with Crippen molar-refractivity contribution in [2.45, 2.75) is 20.5 Å². The number of hydrogen-bond donors (Lipinski definition) is 0. The minimum absolute atomic E-state index is 0.0919. The van der Waals surface area contributed by atoms with Gasteiger partial charge in [-0.1, -0.05) is 18.2 Å². The standard InChI is InChI=1S/C22H17FO4/c1-13-7-8-16(26-13)11-20-21(24)17-9-10-19(14(2)22(17)27-20)25-12-15-5-3-4-6-18(15)23/h3-11H,12H2,1-2H3/b20-11-. The number of fused-ring (bicyclic) bond motifs is 1. The highest BCUT2D eigenvalue weighted by Crippen LogP contribution is 2.39. The Morgan fingerprint density at radius 2 is 1.89 bits per heavy atom. The maximum Gasteiger partial charge on any atom is 0.232 e. The zero-order valence-electron chi connectivity index (χ0n) is 14.9. The third kappa shape index (κ3) is 3.24. The first-order valence-corrected chi connectivity index (χ1v) is 8.53. The Morgan fingerprint density at radius 1 is 1.07 bits per heavy atom. The number of hydrogen-bond acceptors (Lipinski definition) is 4. The van der Waals surface area contributed by atoms with Crippen molar-refractivity contribution in [1.29, 1.82) is 0 Å². The number of carbonyl (C=O) groups excluding carboxylic acids is 1. The Kier molecular flexibility index (Phi) is 4.28. The van der Waals surface area contributed by atoms with Crippen molar-refractivity contribution >= 4 is 11.9 Å². The van der Waals surface area contributed by atoms with Gasteiger partial charge in [0.25, 0.3) is 0 Å². The van der Waals surface area contributed by atoms with Gasteiger partial charge < -0.3 is 13.9 Å². The van der Waals surface area contributed by atoms with Crippen LogP contribution in [-0.4, -0.2) is 5.78 Å². The lowest BCUT2D eigenvalue weighted by atomic mass is 10.1. The summed E-state index contributed by atoms with van der Waals surface area (Å²) < 4.78 is 30.8. The second kappa shape index (κ2) is 6.76. The van der Waals surface area contributed by atoms with E-state index in [0.717, 1.165) is 5.76 Å². The van der Waals surface area contributed by atoms with Crippen LogP contribution in [0.5, 0.6) is 11.5 Å². The first-order valence-electron chi connectivity index (χ1n) is 8.53. The highest BCUT2D eigenvalue weighted by Gasteiger charge is 2.30. The Hall–Kier alpha value is -3.34. The molecule has 0 atom stereocenters. The number of rotatable bonds is 4. The van der Waals surface area contributed by atoms with E-state index in [4.69, 9.17) is 13.9 Å². The highest BCUT2D eigenvalue weighted by molar-refractivity contribution is 6.14. The lowest BCUT2D eigenvalue weighted by Crippen LogP contribution is -2.00. The maximum atomic E-state index is 13.8. The fraction of sp³-hybridized carbons (Fsp3) is 0.136. The third-order valence-electron chi connectivity index (χ3n) is 4.41. The quantitative estimate of drug-likeness (QED) is 0.595. The molecule has 136 valence electrons. The van der Waals surface area contributed by atoms with Crippen LogP contribution >= 0.6 is 0 Å². The SMILES string of the molecule is Cc1ccc(/C=C2\Oc3c(ccc(OCc4ccccc4F)c3C)C2=O)o1. The van der Waals surface area contributed by atoms with Crippen LogP contribution in [0.2, 0.25) is 0 Å². The van der Waals surface area contributed by atoms with Gasteiger partial charge in [0.1, 0.15) is 35.4 Å². The van der Waals surface area contributed by atoms with E-state index in [9.17, 15) is 9.18 Å². The van der Waals surface area contributed by atoms with Gasteiger partial charge in [-0.2, -0.15) is 0 Å². The first kappa shape index (κ1) is 17.1. The number of benzene rings is 2. The molecule has 1 aliphatic heterocycles. The van der Waals surface area contributed by atoms with E-state index < -0.39 is 0 Å². The monoisotopic (exact) mass is 364 g/mol. The summed E-state index contributed by atoms with van der Waals surface area (Å²) in [5, 5.41) is 0. The van der Waals surface area contributed by atoms with Crippen molar-refractivity contribution < 1.29 is 23.1 Å². The summed E-state index contributed by atoms with van der Waals surface area (Å²) in [5.41, 5.74) is 1.62. The van der Waals surface area contributed by atoms with Gasteiger partial charge in [0.05, 0.1) is 5.56 Å². The minimum Gasteiger partial charge on any atom is -0.488 e. The zero-order valence-corrected chi connectivity index (χ0v) is 14.9. The predicted molar refractivity (Wildman–Crippen MR) is 98.3 cm³/mol. The van der Waals surface area contributed by atoms with Gasteiger partial charge in [-0.25, -0.2) is 4.39 Å². The van der Waals surface area contributed by atoms with Crippen molar-refractivity contribution in [3.8, 4) is 11.5 Å². The molecule has 2 heterocycles. The second-order valence-corrected chi connectivity index (χ2v) is 6.33. The number of carbonyl (C=O) groups is 1. The van der Waals surface area contributed by atoms with E-state index in [0.29, 0.717) is 33.9 Å². The fourth-order valence-electron chi connectivity index (χ4n) is 2.96. The molecular weight excluding hydrogens is 347 g/mol. The van der Waals surface area contributed by atoms with Gasteiger partial charge in [-0.15, -0.1) is 0 Å². The summed E-state index contributed by atoms with van der Waals surface area (Å²) in [6, 6.07) is 13.4. The van der Waals surface area contributed by atoms with E-state index in [1.807, 2.05) is 19.9 Å². The molecule has 27 heavy (non-hydrogen) atoms. The van der Waals surface area contributed by atoms with Crippen molar-refractivity contribution in [3.05, 3.63) is 88.3 Å². The zero-order chi connectivity index (χ0) is 19.0. The molecule has 0 unspecified atom stereocenters. The molecule has 0 bridgehead atoms. The molecule has 0 amide bonds. The van der Waals surface area contributed by atoms with Crippen LogP contribution in [0, 0.1) is 19.7 Å². The van der Waals surface area contributed by atoms with E-state index in [-0.39, 0.29) is 24.0 Å². The Labute approximate surface area is 155 Å². The van der Waals surface area contributed by atoms with E-state index in [2.05, 4.69) is 0 Å². The largest absolute Gasteiger partial charge is 0.488 e. The van der Waals surface area contributed by atoms with Crippen LogP contribution in [0.15, 0.2) is 58.7 Å².